The summed E-state index contributed by atoms with van der Waals surface area (Å²) in [5.74, 6) is -1.06. The van der Waals surface area contributed by atoms with Gasteiger partial charge in [-0.25, -0.2) is 4.79 Å². The molecule has 2 rings (SSSR count). The molecule has 8 heteroatoms. The van der Waals surface area contributed by atoms with Crippen molar-refractivity contribution in [2.75, 3.05) is 26.9 Å². The Balaban J connectivity index is 2.47. The van der Waals surface area contributed by atoms with Crippen molar-refractivity contribution in [3.63, 3.8) is 0 Å². The van der Waals surface area contributed by atoms with Crippen LogP contribution in [0.25, 0.3) is 0 Å². The highest BCUT2D eigenvalue weighted by molar-refractivity contribution is 6.33. The Hall–Kier alpha value is -2.64. The predicted octanol–water partition coefficient (Wildman–Crippen LogP) is 4.71. The maximum Gasteiger partial charge on any atom is 0.354 e. The number of amides is 1. The fourth-order valence-corrected chi connectivity index (χ4v) is 4.32. The van der Waals surface area contributed by atoms with Crippen LogP contribution >= 0.6 is 11.6 Å². The van der Waals surface area contributed by atoms with Gasteiger partial charge in [0.05, 0.1) is 23.7 Å². The lowest BCUT2D eigenvalue weighted by Gasteiger charge is -2.29. The molecule has 0 N–H and O–H groups in total. The van der Waals surface area contributed by atoms with Gasteiger partial charge in [0.25, 0.3) is 5.91 Å². The van der Waals surface area contributed by atoms with Gasteiger partial charge in [-0.05, 0) is 58.7 Å². The molecule has 0 bridgehead atoms. The van der Waals surface area contributed by atoms with Crippen LogP contribution in [0.15, 0.2) is 24.3 Å². The van der Waals surface area contributed by atoms with Crippen LogP contribution in [0.5, 0.6) is 0 Å². The zero-order valence-electron chi connectivity index (χ0n) is 20.2. The maximum atomic E-state index is 13.7. The van der Waals surface area contributed by atoms with Crippen LogP contribution < -0.4 is 0 Å². The summed E-state index contributed by atoms with van der Waals surface area (Å²) in [6.45, 7) is 10.9. The molecule has 0 fully saturated rings. The molecule has 0 aliphatic rings. The van der Waals surface area contributed by atoms with E-state index in [0.717, 1.165) is 0 Å². The van der Waals surface area contributed by atoms with Gasteiger partial charge < -0.3 is 18.9 Å². The summed E-state index contributed by atoms with van der Waals surface area (Å²) in [7, 11) is 1.32. The number of carbonyl (C=O) groups excluding carboxylic acids is 3. The van der Waals surface area contributed by atoms with Gasteiger partial charge >= 0.3 is 5.97 Å². The van der Waals surface area contributed by atoms with Crippen molar-refractivity contribution in [3.8, 4) is 0 Å². The summed E-state index contributed by atoms with van der Waals surface area (Å²) in [5.41, 5.74) is 2.36. The van der Waals surface area contributed by atoms with E-state index in [-0.39, 0.29) is 11.7 Å². The lowest BCUT2D eigenvalue weighted by atomic mass is 9.99. The van der Waals surface area contributed by atoms with E-state index >= 15 is 0 Å². The van der Waals surface area contributed by atoms with Gasteiger partial charge in [0.1, 0.15) is 5.69 Å². The van der Waals surface area contributed by atoms with Gasteiger partial charge in [-0.15, -0.1) is 0 Å². The monoisotopic (exact) mass is 476 g/mol. The van der Waals surface area contributed by atoms with E-state index in [4.69, 9.17) is 21.1 Å². The molecule has 0 aliphatic heterocycles. The van der Waals surface area contributed by atoms with Crippen molar-refractivity contribution in [2.24, 2.45) is 0 Å². The first kappa shape index (κ1) is 26.6. The summed E-state index contributed by atoms with van der Waals surface area (Å²) in [6.07, 6.45) is 0.572. The highest BCUT2D eigenvalue weighted by atomic mass is 35.5. The second-order valence-electron chi connectivity index (χ2n) is 7.74. The number of hydrogen-bond donors (Lipinski definition) is 0. The van der Waals surface area contributed by atoms with Gasteiger partial charge in [0, 0.05) is 37.6 Å². The zero-order valence-corrected chi connectivity index (χ0v) is 21.0. The molecule has 1 aromatic heterocycles. The van der Waals surface area contributed by atoms with Crippen LogP contribution in [0, 0.1) is 13.8 Å². The standard InChI is InChI=1S/C25H33ClN2O5/c1-7-27-17(4)21(16(3)22(27)25(31)32-6)23(29)18(5)28(14-11-15-33-8-2)24(30)19-12-9-10-13-20(19)26/h9-10,12-13,18H,7-8,11,14-15H2,1-6H3/t18-/m0/s1. The molecule has 0 aliphatic carbocycles. The molecule has 0 radical (unpaired) electrons. The molecule has 0 unspecified atom stereocenters. The molecule has 180 valence electrons. The number of carbonyl (C=O) groups is 3. The minimum atomic E-state index is -0.772. The van der Waals surface area contributed by atoms with Gasteiger partial charge in [0.15, 0.2) is 5.78 Å². The van der Waals surface area contributed by atoms with Crippen LogP contribution in [0.3, 0.4) is 0 Å². The van der Waals surface area contributed by atoms with Crippen molar-refractivity contribution in [1.29, 1.82) is 0 Å². The van der Waals surface area contributed by atoms with Crippen LogP contribution in [0.4, 0.5) is 0 Å². The van der Waals surface area contributed by atoms with Crippen LogP contribution in [0.2, 0.25) is 5.02 Å². The van der Waals surface area contributed by atoms with Crippen molar-refractivity contribution in [2.45, 2.75) is 53.6 Å². The summed E-state index contributed by atoms with van der Waals surface area (Å²) < 4.78 is 12.1. The first-order chi connectivity index (χ1) is 15.7. The van der Waals surface area contributed by atoms with Gasteiger partial charge in [-0.3, -0.25) is 9.59 Å². The van der Waals surface area contributed by atoms with Gasteiger partial charge in [-0.1, -0.05) is 23.7 Å². The van der Waals surface area contributed by atoms with E-state index in [1.54, 1.807) is 49.6 Å². The van der Waals surface area contributed by atoms with E-state index in [0.29, 0.717) is 65.8 Å². The van der Waals surface area contributed by atoms with Crippen molar-refractivity contribution < 1.29 is 23.9 Å². The predicted molar refractivity (Wildman–Crippen MR) is 128 cm³/mol. The molecule has 0 saturated heterocycles. The van der Waals surface area contributed by atoms with Crippen LogP contribution in [0.1, 0.15) is 69.7 Å². The lowest BCUT2D eigenvalue weighted by Crippen LogP contribution is -2.44. The number of benzene rings is 1. The Labute approximate surface area is 200 Å². The second kappa shape index (κ2) is 12.0. The molecule has 1 heterocycles. The average Bonchev–Trinajstić information content (AvgIpc) is 3.06. The third-order valence-corrected chi connectivity index (χ3v) is 6.14. The number of rotatable bonds is 11. The number of hydrogen-bond acceptors (Lipinski definition) is 5. The third-order valence-electron chi connectivity index (χ3n) is 5.81. The summed E-state index contributed by atoms with van der Waals surface area (Å²) >= 11 is 6.28. The number of ether oxygens (including phenoxy) is 2. The second-order valence-corrected chi connectivity index (χ2v) is 8.15. The summed E-state index contributed by atoms with van der Waals surface area (Å²) in [6, 6.07) is 6.02. The number of Topliss-reactive ketones (excluding diaryl/α,β-unsaturated/α-hetero) is 1. The number of ketones is 1. The fourth-order valence-electron chi connectivity index (χ4n) is 4.11. The molecular formula is C25H33ClN2O5. The number of aromatic nitrogens is 1. The van der Waals surface area contributed by atoms with Crippen molar-refractivity contribution in [3.05, 3.63) is 57.4 Å². The molecular weight excluding hydrogens is 444 g/mol. The van der Waals surface area contributed by atoms with Crippen LogP contribution in [-0.4, -0.2) is 60.0 Å². The Morgan fingerprint density at radius 3 is 2.39 bits per heavy atom. The lowest BCUT2D eigenvalue weighted by molar-refractivity contribution is 0.0584. The minimum absolute atomic E-state index is 0.237. The minimum Gasteiger partial charge on any atom is -0.464 e. The first-order valence-electron chi connectivity index (χ1n) is 11.2. The first-order valence-corrected chi connectivity index (χ1v) is 11.5. The molecule has 1 amide bonds. The fraction of sp³-hybridized carbons (Fsp3) is 0.480. The van der Waals surface area contributed by atoms with E-state index in [1.165, 1.54) is 12.0 Å². The van der Waals surface area contributed by atoms with Crippen LogP contribution in [-0.2, 0) is 16.0 Å². The van der Waals surface area contributed by atoms with Crippen molar-refractivity contribution >= 4 is 29.3 Å². The largest absolute Gasteiger partial charge is 0.464 e. The number of esters is 1. The normalized spacial score (nSPS) is 11.8. The number of methoxy groups -OCH3 is 1. The van der Waals surface area contributed by atoms with E-state index < -0.39 is 12.0 Å². The Morgan fingerprint density at radius 1 is 1.15 bits per heavy atom. The zero-order chi connectivity index (χ0) is 24.7. The molecule has 0 spiro atoms. The Kier molecular flexibility index (Phi) is 9.68. The Bertz CT molecular complexity index is 1010. The number of nitrogens with zero attached hydrogens (tertiary/aromatic N) is 2. The highest BCUT2D eigenvalue weighted by Crippen LogP contribution is 2.27. The maximum absolute atomic E-state index is 13.7. The number of halogens is 1. The molecule has 1 atom stereocenters. The molecule has 33 heavy (non-hydrogen) atoms. The van der Waals surface area contributed by atoms with E-state index in [2.05, 4.69) is 0 Å². The molecule has 2 aromatic rings. The SMILES string of the molecule is CCOCCCN(C(=O)c1ccccc1Cl)[C@@H](C)C(=O)c1c(C)c(C(=O)OC)n(CC)c1C. The molecule has 1 aromatic carbocycles. The van der Waals surface area contributed by atoms with Crippen molar-refractivity contribution in [1.82, 2.24) is 9.47 Å². The summed E-state index contributed by atoms with van der Waals surface area (Å²) in [5, 5.41) is 0.328. The van der Waals surface area contributed by atoms with Gasteiger partial charge in [0.2, 0.25) is 0 Å². The topological polar surface area (TPSA) is 77.8 Å². The Morgan fingerprint density at radius 2 is 1.82 bits per heavy atom. The van der Waals surface area contributed by atoms with E-state index in [1.807, 2.05) is 13.8 Å². The average molecular weight is 477 g/mol. The summed E-state index contributed by atoms with van der Waals surface area (Å²) in [4.78, 5) is 41.1. The molecule has 0 saturated carbocycles. The third kappa shape index (κ3) is 5.65. The smallest absolute Gasteiger partial charge is 0.354 e. The van der Waals surface area contributed by atoms with E-state index in [9.17, 15) is 14.4 Å². The highest BCUT2D eigenvalue weighted by Gasteiger charge is 2.33. The molecule has 7 nitrogen and oxygen atoms in total. The van der Waals surface area contributed by atoms with Gasteiger partial charge in [-0.2, -0.15) is 0 Å². The quantitative estimate of drug-likeness (QED) is 0.267.